The molecule has 0 radical (unpaired) electrons. The third-order valence-electron chi connectivity index (χ3n) is 3.79. The van der Waals surface area contributed by atoms with Crippen molar-refractivity contribution in [2.75, 3.05) is 36.9 Å². The van der Waals surface area contributed by atoms with E-state index >= 15 is 0 Å². The molecule has 1 unspecified atom stereocenters. The second-order valence-corrected chi connectivity index (χ2v) is 5.98. The van der Waals surface area contributed by atoms with Crippen molar-refractivity contribution in [3.8, 4) is 0 Å². The van der Waals surface area contributed by atoms with Crippen LogP contribution in [0.5, 0.6) is 0 Å². The lowest BCUT2D eigenvalue weighted by atomic mass is 10.2. The zero-order chi connectivity index (χ0) is 21.1. The van der Waals surface area contributed by atoms with E-state index in [1.165, 1.54) is 0 Å². The summed E-state index contributed by atoms with van der Waals surface area (Å²) >= 11 is 0. The van der Waals surface area contributed by atoms with Crippen LogP contribution in [0.25, 0.3) is 0 Å². The Labute approximate surface area is 160 Å². The van der Waals surface area contributed by atoms with Crippen LogP contribution in [0.1, 0.15) is 11.4 Å². The molecule has 0 amide bonds. The van der Waals surface area contributed by atoms with Gasteiger partial charge in [0.15, 0.2) is 17.2 Å². The highest BCUT2D eigenvalue weighted by Crippen LogP contribution is 2.34. The quantitative estimate of drug-likeness (QED) is 0.632. The van der Waals surface area contributed by atoms with E-state index in [2.05, 4.69) is 36.1 Å². The fourth-order valence-electron chi connectivity index (χ4n) is 2.44. The molecule has 0 spiro atoms. The van der Waals surface area contributed by atoms with Crippen molar-refractivity contribution in [3.63, 3.8) is 0 Å². The molecule has 1 saturated heterocycles. The number of hydrogen-bond acceptors (Lipinski definition) is 8. The number of ether oxygens (including phenoxy) is 1. The van der Waals surface area contributed by atoms with Crippen LogP contribution >= 0.6 is 0 Å². The van der Waals surface area contributed by atoms with E-state index in [0.717, 1.165) is 12.3 Å². The van der Waals surface area contributed by atoms with Crippen LogP contribution in [0.2, 0.25) is 0 Å². The van der Waals surface area contributed by atoms with E-state index in [4.69, 9.17) is 4.74 Å². The molecule has 1 aliphatic heterocycles. The molecule has 2 aromatic heterocycles. The number of halogens is 6. The van der Waals surface area contributed by atoms with Gasteiger partial charge in [-0.25, -0.2) is 9.97 Å². The monoisotopic (exact) mass is 423 g/mol. The van der Waals surface area contributed by atoms with Crippen molar-refractivity contribution in [3.05, 3.63) is 29.8 Å². The van der Waals surface area contributed by atoms with Crippen molar-refractivity contribution in [2.24, 2.45) is 0 Å². The second-order valence-electron chi connectivity index (χ2n) is 5.98. The molecule has 1 aliphatic rings. The maximum atomic E-state index is 13.2. The number of rotatable bonds is 5. The van der Waals surface area contributed by atoms with Gasteiger partial charge in [-0.1, -0.05) is 0 Å². The number of morpholine rings is 1. The van der Waals surface area contributed by atoms with Crippen molar-refractivity contribution >= 4 is 17.3 Å². The summed E-state index contributed by atoms with van der Waals surface area (Å²) in [6.45, 7) is 1.65. The third kappa shape index (κ3) is 5.63. The molecule has 0 aliphatic carbocycles. The summed E-state index contributed by atoms with van der Waals surface area (Å²) in [5, 5.41) is 14.8. The predicted octanol–water partition coefficient (Wildman–Crippen LogP) is 2.45. The Hall–Kier alpha value is -2.74. The molecule has 1 atom stereocenters. The second kappa shape index (κ2) is 8.32. The average Bonchev–Trinajstić information content (AvgIpc) is 2.66. The lowest BCUT2D eigenvalue weighted by Gasteiger charge is -2.24. The molecule has 3 N–H and O–H groups in total. The summed E-state index contributed by atoms with van der Waals surface area (Å²) in [5.41, 5.74) is -2.79. The van der Waals surface area contributed by atoms with E-state index in [0.29, 0.717) is 25.9 Å². The van der Waals surface area contributed by atoms with Crippen LogP contribution in [0.3, 0.4) is 0 Å². The third-order valence-corrected chi connectivity index (χ3v) is 3.79. The van der Waals surface area contributed by atoms with Crippen LogP contribution in [0.4, 0.5) is 43.7 Å². The van der Waals surface area contributed by atoms with E-state index in [1.54, 1.807) is 0 Å². The van der Waals surface area contributed by atoms with Crippen LogP contribution in [-0.4, -0.2) is 52.5 Å². The highest BCUT2D eigenvalue weighted by Gasteiger charge is 2.37. The maximum Gasteiger partial charge on any atom is 0.437 e. The van der Waals surface area contributed by atoms with Gasteiger partial charge in [0.25, 0.3) is 0 Å². The Morgan fingerprint density at radius 3 is 2.41 bits per heavy atom. The first-order valence-corrected chi connectivity index (χ1v) is 8.30. The van der Waals surface area contributed by atoms with Crippen LogP contribution in [0, 0.1) is 0 Å². The molecular formula is C15H15F6N7O. The van der Waals surface area contributed by atoms with Gasteiger partial charge in [0.1, 0.15) is 5.82 Å². The van der Waals surface area contributed by atoms with Crippen LogP contribution in [-0.2, 0) is 17.1 Å². The Bertz CT molecular complexity index is 821. The average molecular weight is 423 g/mol. The number of hydrogen-bond donors (Lipinski definition) is 3. The molecule has 3 rings (SSSR count). The summed E-state index contributed by atoms with van der Waals surface area (Å²) < 4.78 is 82.6. The first kappa shape index (κ1) is 21.0. The standard InChI is InChI=1S/C15H15F6N7O/c16-14(17,18)10-6-25-12(7-24-10)26-11-3-9(13(28-27-11)15(19,20)21)23-5-8-4-22-1-2-29-8/h3,6-8,22H,1-2,4-5H2,(H2,23,25,26,27). The Balaban J connectivity index is 1.76. The van der Waals surface area contributed by atoms with Gasteiger partial charge in [0, 0.05) is 25.7 Å². The van der Waals surface area contributed by atoms with Crippen molar-refractivity contribution in [1.82, 2.24) is 25.5 Å². The molecule has 1 fully saturated rings. The summed E-state index contributed by atoms with van der Waals surface area (Å²) in [5.74, 6) is -0.296. The lowest BCUT2D eigenvalue weighted by molar-refractivity contribution is -0.142. The zero-order valence-electron chi connectivity index (χ0n) is 14.6. The van der Waals surface area contributed by atoms with E-state index in [9.17, 15) is 26.3 Å². The van der Waals surface area contributed by atoms with E-state index in [-0.39, 0.29) is 30.0 Å². The first-order chi connectivity index (χ1) is 13.6. The Kier molecular flexibility index (Phi) is 6.02. The van der Waals surface area contributed by atoms with Crippen molar-refractivity contribution in [2.45, 2.75) is 18.5 Å². The molecule has 0 bridgehead atoms. The Morgan fingerprint density at radius 1 is 1.03 bits per heavy atom. The maximum absolute atomic E-state index is 13.2. The highest BCUT2D eigenvalue weighted by atomic mass is 19.4. The van der Waals surface area contributed by atoms with Gasteiger partial charge in [-0.3, -0.25) is 0 Å². The van der Waals surface area contributed by atoms with Crippen molar-refractivity contribution in [1.29, 1.82) is 0 Å². The summed E-state index contributed by atoms with van der Waals surface area (Å²) in [6.07, 6.45) is -8.47. The molecule has 8 nitrogen and oxygen atoms in total. The normalized spacial score (nSPS) is 17.8. The molecule has 0 aromatic carbocycles. The van der Waals surface area contributed by atoms with Crippen LogP contribution in [0.15, 0.2) is 18.5 Å². The van der Waals surface area contributed by atoms with Gasteiger partial charge in [0.05, 0.1) is 30.8 Å². The van der Waals surface area contributed by atoms with Gasteiger partial charge < -0.3 is 20.7 Å². The Morgan fingerprint density at radius 2 is 1.83 bits per heavy atom. The molecule has 14 heteroatoms. The molecule has 3 heterocycles. The smallest absolute Gasteiger partial charge is 0.380 e. The topological polar surface area (TPSA) is 96.9 Å². The molecule has 0 saturated carbocycles. The van der Waals surface area contributed by atoms with E-state index < -0.39 is 23.7 Å². The fourth-order valence-corrected chi connectivity index (χ4v) is 2.44. The number of alkyl halides is 6. The zero-order valence-corrected chi connectivity index (χ0v) is 14.6. The molecule has 158 valence electrons. The minimum Gasteiger partial charge on any atom is -0.380 e. The van der Waals surface area contributed by atoms with Gasteiger partial charge >= 0.3 is 12.4 Å². The predicted molar refractivity (Wildman–Crippen MR) is 88.5 cm³/mol. The van der Waals surface area contributed by atoms with Crippen LogP contribution < -0.4 is 16.0 Å². The number of nitrogens with one attached hydrogen (secondary N) is 3. The first-order valence-electron chi connectivity index (χ1n) is 8.30. The van der Waals surface area contributed by atoms with Gasteiger partial charge in [-0.2, -0.15) is 26.3 Å². The lowest BCUT2D eigenvalue weighted by Crippen LogP contribution is -2.42. The van der Waals surface area contributed by atoms with Gasteiger partial charge in [0.2, 0.25) is 0 Å². The van der Waals surface area contributed by atoms with Gasteiger partial charge in [-0.05, 0) is 0 Å². The van der Waals surface area contributed by atoms with E-state index in [1.807, 2.05) is 0 Å². The summed E-state index contributed by atoms with van der Waals surface area (Å²) in [4.78, 5) is 6.73. The summed E-state index contributed by atoms with van der Waals surface area (Å²) in [7, 11) is 0. The largest absolute Gasteiger partial charge is 0.437 e. The number of nitrogens with zero attached hydrogens (tertiary/aromatic N) is 4. The minimum atomic E-state index is -4.76. The number of aromatic nitrogens is 4. The van der Waals surface area contributed by atoms with Crippen molar-refractivity contribution < 1.29 is 31.1 Å². The highest BCUT2D eigenvalue weighted by molar-refractivity contribution is 5.60. The molecule has 29 heavy (non-hydrogen) atoms. The molecular weight excluding hydrogens is 408 g/mol. The minimum absolute atomic E-state index is 0.0846. The molecule has 2 aromatic rings. The fraction of sp³-hybridized carbons (Fsp3) is 0.467. The SMILES string of the molecule is FC(F)(F)c1cnc(Nc2cc(NCC3CNCCO3)c(C(F)(F)F)nn2)cn1. The summed E-state index contributed by atoms with van der Waals surface area (Å²) in [6, 6.07) is 1.03. The number of anilines is 3. The van der Waals surface area contributed by atoms with Gasteiger partial charge in [-0.15, -0.1) is 10.2 Å².